The minimum atomic E-state index is -0.0455. The molecule has 1 aromatic carbocycles. The highest BCUT2D eigenvalue weighted by atomic mass is 19.1. The molecule has 17 heavy (non-hydrogen) atoms. The van der Waals surface area contributed by atoms with E-state index in [0.717, 1.165) is 37.2 Å². The van der Waals surface area contributed by atoms with Gasteiger partial charge in [-0.05, 0) is 50.3 Å². The molecular formula is C14H19FN2. The predicted octanol–water partition coefficient (Wildman–Crippen LogP) is 2.32. The first-order valence-electron chi connectivity index (χ1n) is 6.53. The number of hydrogen-bond acceptors (Lipinski definition) is 2. The number of halogens is 1. The predicted molar refractivity (Wildman–Crippen MR) is 67.6 cm³/mol. The van der Waals surface area contributed by atoms with E-state index in [1.54, 1.807) is 6.07 Å². The lowest BCUT2D eigenvalue weighted by Crippen LogP contribution is -2.47. The van der Waals surface area contributed by atoms with Crippen LogP contribution in [0.3, 0.4) is 0 Å². The van der Waals surface area contributed by atoms with Crippen molar-refractivity contribution < 1.29 is 4.39 Å². The Balaban J connectivity index is 1.95. The SMILES string of the molecule is NCC1CCC2CCc3c(F)cccc3N2C1. The zero-order chi connectivity index (χ0) is 11.8. The highest BCUT2D eigenvalue weighted by Gasteiger charge is 2.32. The number of piperidine rings is 1. The molecule has 2 unspecified atom stereocenters. The minimum absolute atomic E-state index is 0.0455. The van der Waals surface area contributed by atoms with Crippen molar-refractivity contribution >= 4 is 5.69 Å². The summed E-state index contributed by atoms with van der Waals surface area (Å²) in [7, 11) is 0. The number of benzene rings is 1. The summed E-state index contributed by atoms with van der Waals surface area (Å²) in [6.45, 7) is 1.74. The summed E-state index contributed by atoms with van der Waals surface area (Å²) in [4.78, 5) is 2.39. The second-order valence-electron chi connectivity index (χ2n) is 5.26. The van der Waals surface area contributed by atoms with E-state index in [0.29, 0.717) is 12.0 Å². The highest BCUT2D eigenvalue weighted by Crippen LogP contribution is 2.37. The van der Waals surface area contributed by atoms with Gasteiger partial charge in [0.2, 0.25) is 0 Å². The molecule has 1 aromatic rings. The molecule has 0 spiro atoms. The van der Waals surface area contributed by atoms with Crippen LogP contribution in [0.4, 0.5) is 10.1 Å². The van der Waals surface area contributed by atoms with E-state index < -0.39 is 0 Å². The lowest BCUT2D eigenvalue weighted by atomic mass is 9.85. The van der Waals surface area contributed by atoms with Crippen molar-refractivity contribution in [3.05, 3.63) is 29.6 Å². The van der Waals surface area contributed by atoms with E-state index in [2.05, 4.69) is 11.0 Å². The topological polar surface area (TPSA) is 29.3 Å². The first kappa shape index (κ1) is 11.0. The Morgan fingerprint density at radius 1 is 1.29 bits per heavy atom. The van der Waals surface area contributed by atoms with Gasteiger partial charge in [0.15, 0.2) is 0 Å². The van der Waals surface area contributed by atoms with E-state index in [9.17, 15) is 4.39 Å². The maximum absolute atomic E-state index is 13.8. The van der Waals surface area contributed by atoms with Gasteiger partial charge < -0.3 is 10.6 Å². The fraction of sp³-hybridized carbons (Fsp3) is 0.571. The van der Waals surface area contributed by atoms with E-state index in [1.807, 2.05) is 6.07 Å². The zero-order valence-corrected chi connectivity index (χ0v) is 10.0. The third-order valence-electron chi connectivity index (χ3n) is 4.27. The first-order valence-corrected chi connectivity index (χ1v) is 6.53. The second kappa shape index (κ2) is 4.30. The van der Waals surface area contributed by atoms with Crippen LogP contribution in [0, 0.1) is 11.7 Å². The third kappa shape index (κ3) is 1.82. The normalized spacial score (nSPS) is 27.5. The van der Waals surface area contributed by atoms with Gasteiger partial charge in [-0.3, -0.25) is 0 Å². The van der Waals surface area contributed by atoms with Crippen molar-refractivity contribution in [1.82, 2.24) is 0 Å². The second-order valence-corrected chi connectivity index (χ2v) is 5.26. The van der Waals surface area contributed by atoms with Crippen LogP contribution in [0.15, 0.2) is 18.2 Å². The molecule has 92 valence electrons. The van der Waals surface area contributed by atoms with Crippen LogP contribution >= 0.6 is 0 Å². The van der Waals surface area contributed by atoms with Crippen LogP contribution in [0.25, 0.3) is 0 Å². The van der Waals surface area contributed by atoms with Gasteiger partial charge in [-0.1, -0.05) is 6.07 Å². The number of nitrogens with zero attached hydrogens (tertiary/aromatic N) is 1. The zero-order valence-electron chi connectivity index (χ0n) is 10.0. The molecule has 2 atom stereocenters. The largest absolute Gasteiger partial charge is 0.368 e. The molecule has 1 saturated heterocycles. The maximum Gasteiger partial charge on any atom is 0.128 e. The van der Waals surface area contributed by atoms with Gasteiger partial charge in [-0.15, -0.1) is 0 Å². The van der Waals surface area contributed by atoms with Gasteiger partial charge in [0, 0.05) is 23.8 Å². The quantitative estimate of drug-likeness (QED) is 0.808. The Morgan fingerprint density at radius 2 is 2.18 bits per heavy atom. The van der Waals surface area contributed by atoms with Crippen molar-refractivity contribution in [2.75, 3.05) is 18.0 Å². The molecule has 2 aliphatic rings. The van der Waals surface area contributed by atoms with Crippen LogP contribution in [0.5, 0.6) is 0 Å². The van der Waals surface area contributed by atoms with E-state index in [4.69, 9.17) is 5.73 Å². The molecule has 0 aliphatic carbocycles. The Hall–Kier alpha value is -1.09. The molecule has 0 amide bonds. The number of anilines is 1. The number of nitrogens with two attached hydrogens (primary N) is 1. The van der Waals surface area contributed by atoms with Gasteiger partial charge >= 0.3 is 0 Å². The Kier molecular flexibility index (Phi) is 2.79. The Bertz CT molecular complexity index is 419. The lowest BCUT2D eigenvalue weighted by Gasteiger charge is -2.45. The Morgan fingerprint density at radius 3 is 3.00 bits per heavy atom. The smallest absolute Gasteiger partial charge is 0.128 e. The van der Waals surface area contributed by atoms with Gasteiger partial charge in [0.1, 0.15) is 5.82 Å². The van der Waals surface area contributed by atoms with Crippen molar-refractivity contribution in [2.45, 2.75) is 31.7 Å². The summed E-state index contributed by atoms with van der Waals surface area (Å²) in [5.74, 6) is 0.524. The summed E-state index contributed by atoms with van der Waals surface area (Å²) in [5, 5.41) is 0. The fourth-order valence-corrected chi connectivity index (χ4v) is 3.26. The van der Waals surface area contributed by atoms with Crippen LogP contribution in [0.1, 0.15) is 24.8 Å². The third-order valence-corrected chi connectivity index (χ3v) is 4.27. The number of rotatable bonds is 1. The minimum Gasteiger partial charge on any atom is -0.368 e. The average molecular weight is 234 g/mol. The van der Waals surface area contributed by atoms with Gasteiger partial charge in [0.05, 0.1) is 0 Å². The van der Waals surface area contributed by atoms with Crippen LogP contribution in [-0.4, -0.2) is 19.1 Å². The lowest BCUT2D eigenvalue weighted by molar-refractivity contribution is 0.339. The monoisotopic (exact) mass is 234 g/mol. The standard InChI is InChI=1S/C14H19FN2/c15-13-2-1-3-14-12(13)7-6-11-5-4-10(8-16)9-17(11)14/h1-3,10-11H,4-9,16H2. The number of fused-ring (bicyclic) bond motifs is 3. The molecule has 0 bridgehead atoms. The molecular weight excluding hydrogens is 215 g/mol. The molecule has 0 saturated carbocycles. The summed E-state index contributed by atoms with van der Waals surface area (Å²) in [5.41, 5.74) is 7.79. The summed E-state index contributed by atoms with van der Waals surface area (Å²) in [6, 6.07) is 6.06. The molecule has 2 nitrogen and oxygen atoms in total. The molecule has 2 N–H and O–H groups in total. The van der Waals surface area contributed by atoms with Gasteiger partial charge in [-0.25, -0.2) is 4.39 Å². The molecule has 0 radical (unpaired) electrons. The molecule has 0 aromatic heterocycles. The summed E-state index contributed by atoms with van der Waals surface area (Å²) >= 11 is 0. The van der Waals surface area contributed by atoms with Crippen LogP contribution < -0.4 is 10.6 Å². The average Bonchev–Trinajstić information content (AvgIpc) is 2.38. The van der Waals surface area contributed by atoms with Crippen LogP contribution in [-0.2, 0) is 6.42 Å². The molecule has 3 heteroatoms. The molecule has 2 heterocycles. The maximum atomic E-state index is 13.8. The van der Waals surface area contributed by atoms with E-state index in [-0.39, 0.29) is 5.82 Å². The highest BCUT2D eigenvalue weighted by molar-refractivity contribution is 5.57. The van der Waals surface area contributed by atoms with Crippen molar-refractivity contribution in [1.29, 1.82) is 0 Å². The summed E-state index contributed by atoms with van der Waals surface area (Å²) < 4.78 is 13.8. The molecule has 1 fully saturated rings. The van der Waals surface area contributed by atoms with E-state index >= 15 is 0 Å². The number of hydrogen-bond donors (Lipinski definition) is 1. The fourth-order valence-electron chi connectivity index (χ4n) is 3.26. The van der Waals surface area contributed by atoms with Crippen molar-refractivity contribution in [2.24, 2.45) is 11.7 Å². The van der Waals surface area contributed by atoms with E-state index in [1.165, 1.54) is 12.8 Å². The summed E-state index contributed by atoms with van der Waals surface area (Å²) in [6.07, 6.45) is 4.40. The van der Waals surface area contributed by atoms with Gasteiger partial charge in [-0.2, -0.15) is 0 Å². The van der Waals surface area contributed by atoms with Gasteiger partial charge in [0.25, 0.3) is 0 Å². The van der Waals surface area contributed by atoms with Crippen molar-refractivity contribution in [3.8, 4) is 0 Å². The molecule has 3 rings (SSSR count). The van der Waals surface area contributed by atoms with Crippen LogP contribution in [0.2, 0.25) is 0 Å². The first-order chi connectivity index (χ1) is 8.29. The molecule has 2 aliphatic heterocycles. The Labute approximate surface area is 102 Å². The van der Waals surface area contributed by atoms with Crippen molar-refractivity contribution in [3.63, 3.8) is 0 Å².